The number of pyridine rings is 1. The van der Waals surface area contributed by atoms with Crippen LogP contribution in [0.5, 0.6) is 0 Å². The van der Waals surface area contributed by atoms with Crippen molar-refractivity contribution in [1.29, 1.82) is 0 Å². The van der Waals surface area contributed by atoms with Crippen molar-refractivity contribution in [2.24, 2.45) is 5.92 Å². The van der Waals surface area contributed by atoms with Crippen molar-refractivity contribution >= 4 is 5.82 Å². The van der Waals surface area contributed by atoms with Gasteiger partial charge in [0.05, 0.1) is 0 Å². The fourth-order valence-corrected chi connectivity index (χ4v) is 3.41. The summed E-state index contributed by atoms with van der Waals surface area (Å²) < 4.78 is 0. The third kappa shape index (κ3) is 2.28. The SMILES string of the molecule is C[C@@H]1CCN(c2nc(-c3ccccn3)nc3c2CCC3)C1. The maximum Gasteiger partial charge on any atom is 0.180 e. The first-order valence-corrected chi connectivity index (χ1v) is 7.87. The number of aromatic nitrogens is 3. The summed E-state index contributed by atoms with van der Waals surface area (Å²) in [5.41, 5.74) is 3.49. The highest BCUT2D eigenvalue weighted by atomic mass is 15.2. The zero-order valence-corrected chi connectivity index (χ0v) is 12.4. The van der Waals surface area contributed by atoms with Gasteiger partial charge in [-0.25, -0.2) is 9.97 Å². The number of nitrogens with zero attached hydrogens (tertiary/aromatic N) is 4. The van der Waals surface area contributed by atoms with Crippen LogP contribution in [-0.2, 0) is 12.8 Å². The van der Waals surface area contributed by atoms with Gasteiger partial charge in [-0.1, -0.05) is 13.0 Å². The maximum absolute atomic E-state index is 4.88. The molecule has 2 aliphatic rings. The number of aryl methyl sites for hydroxylation is 1. The Hall–Kier alpha value is -1.97. The van der Waals surface area contributed by atoms with Crippen LogP contribution in [0.4, 0.5) is 5.82 Å². The van der Waals surface area contributed by atoms with Crippen LogP contribution in [0, 0.1) is 5.92 Å². The predicted octanol–water partition coefficient (Wildman–Crippen LogP) is 2.87. The topological polar surface area (TPSA) is 41.9 Å². The molecule has 108 valence electrons. The third-order valence-electron chi connectivity index (χ3n) is 4.53. The zero-order chi connectivity index (χ0) is 14.2. The van der Waals surface area contributed by atoms with Gasteiger partial charge in [-0.15, -0.1) is 0 Å². The van der Waals surface area contributed by atoms with Crippen LogP contribution in [0.2, 0.25) is 0 Å². The van der Waals surface area contributed by atoms with Gasteiger partial charge in [0.1, 0.15) is 11.5 Å². The van der Waals surface area contributed by atoms with E-state index in [-0.39, 0.29) is 0 Å². The highest BCUT2D eigenvalue weighted by Crippen LogP contribution is 2.33. The van der Waals surface area contributed by atoms with Crippen LogP contribution in [-0.4, -0.2) is 28.0 Å². The summed E-state index contributed by atoms with van der Waals surface area (Å²) in [4.78, 5) is 16.5. The first kappa shape index (κ1) is 12.7. The summed E-state index contributed by atoms with van der Waals surface area (Å²) >= 11 is 0. The molecule has 0 saturated carbocycles. The Morgan fingerprint density at radius 3 is 2.90 bits per heavy atom. The molecule has 1 aliphatic heterocycles. The molecular formula is C17H20N4. The van der Waals surface area contributed by atoms with Crippen molar-refractivity contribution in [2.45, 2.75) is 32.6 Å². The molecule has 1 fully saturated rings. The van der Waals surface area contributed by atoms with E-state index in [1.807, 2.05) is 24.4 Å². The second-order valence-electron chi connectivity index (χ2n) is 6.20. The Bertz CT molecular complexity index is 653. The number of anilines is 1. The Labute approximate surface area is 125 Å². The molecule has 4 rings (SSSR count). The summed E-state index contributed by atoms with van der Waals surface area (Å²) in [6.07, 6.45) is 6.47. The summed E-state index contributed by atoms with van der Waals surface area (Å²) in [6.45, 7) is 4.55. The average molecular weight is 280 g/mol. The van der Waals surface area contributed by atoms with Crippen molar-refractivity contribution in [1.82, 2.24) is 15.0 Å². The van der Waals surface area contributed by atoms with E-state index in [4.69, 9.17) is 9.97 Å². The van der Waals surface area contributed by atoms with Crippen molar-refractivity contribution in [2.75, 3.05) is 18.0 Å². The van der Waals surface area contributed by atoms with Crippen LogP contribution in [0.3, 0.4) is 0 Å². The van der Waals surface area contributed by atoms with Gasteiger partial charge < -0.3 is 4.90 Å². The smallest absolute Gasteiger partial charge is 0.180 e. The van der Waals surface area contributed by atoms with Gasteiger partial charge in [-0.05, 0) is 43.7 Å². The molecule has 3 heterocycles. The Morgan fingerprint density at radius 1 is 1.19 bits per heavy atom. The second kappa shape index (κ2) is 5.10. The van der Waals surface area contributed by atoms with Crippen LogP contribution < -0.4 is 4.90 Å². The molecule has 0 N–H and O–H groups in total. The minimum absolute atomic E-state index is 0.760. The number of hydrogen-bond donors (Lipinski definition) is 0. The van der Waals surface area contributed by atoms with E-state index >= 15 is 0 Å². The van der Waals surface area contributed by atoms with Crippen molar-refractivity contribution < 1.29 is 0 Å². The normalized spacial score (nSPS) is 20.8. The Balaban J connectivity index is 1.80. The van der Waals surface area contributed by atoms with Crippen LogP contribution in [0.1, 0.15) is 31.0 Å². The van der Waals surface area contributed by atoms with E-state index in [9.17, 15) is 0 Å². The quantitative estimate of drug-likeness (QED) is 0.848. The molecule has 1 atom stereocenters. The molecule has 0 radical (unpaired) electrons. The summed E-state index contributed by atoms with van der Waals surface area (Å²) in [6, 6.07) is 5.92. The first-order valence-electron chi connectivity index (χ1n) is 7.87. The summed E-state index contributed by atoms with van der Waals surface area (Å²) in [5.74, 6) is 2.71. The molecule has 0 spiro atoms. The number of fused-ring (bicyclic) bond motifs is 1. The first-order chi connectivity index (χ1) is 10.3. The van der Waals surface area contributed by atoms with Gasteiger partial charge in [-0.2, -0.15) is 0 Å². The van der Waals surface area contributed by atoms with E-state index in [0.29, 0.717) is 0 Å². The predicted molar refractivity (Wildman–Crippen MR) is 83.3 cm³/mol. The molecule has 1 saturated heterocycles. The molecule has 21 heavy (non-hydrogen) atoms. The van der Waals surface area contributed by atoms with Crippen molar-refractivity contribution in [3.63, 3.8) is 0 Å². The largest absolute Gasteiger partial charge is 0.356 e. The van der Waals surface area contributed by atoms with Gasteiger partial charge >= 0.3 is 0 Å². The van der Waals surface area contributed by atoms with Crippen molar-refractivity contribution in [3.05, 3.63) is 35.7 Å². The molecule has 4 heteroatoms. The molecule has 4 nitrogen and oxygen atoms in total. The van der Waals surface area contributed by atoms with Gasteiger partial charge in [0.25, 0.3) is 0 Å². The van der Waals surface area contributed by atoms with Crippen molar-refractivity contribution in [3.8, 4) is 11.5 Å². The maximum atomic E-state index is 4.88. The monoisotopic (exact) mass is 280 g/mol. The fraction of sp³-hybridized carbons (Fsp3) is 0.471. The number of hydrogen-bond acceptors (Lipinski definition) is 4. The number of rotatable bonds is 2. The molecule has 2 aromatic rings. The second-order valence-corrected chi connectivity index (χ2v) is 6.20. The average Bonchev–Trinajstić information content (AvgIpc) is 3.15. The van der Waals surface area contributed by atoms with Crippen LogP contribution in [0.15, 0.2) is 24.4 Å². The molecule has 0 amide bonds. The Kier molecular flexibility index (Phi) is 3.09. The van der Waals surface area contributed by atoms with E-state index in [2.05, 4.69) is 16.8 Å². The lowest BCUT2D eigenvalue weighted by Gasteiger charge is -2.21. The molecule has 0 aromatic carbocycles. The molecule has 0 bridgehead atoms. The Morgan fingerprint density at radius 2 is 2.14 bits per heavy atom. The summed E-state index contributed by atoms with van der Waals surface area (Å²) in [5, 5.41) is 0. The lowest BCUT2D eigenvalue weighted by molar-refractivity contribution is 0.658. The van der Waals surface area contributed by atoms with Gasteiger partial charge in [0, 0.05) is 30.5 Å². The van der Waals surface area contributed by atoms with Crippen LogP contribution >= 0.6 is 0 Å². The third-order valence-corrected chi connectivity index (χ3v) is 4.53. The molecular weight excluding hydrogens is 260 g/mol. The van der Waals surface area contributed by atoms with E-state index in [1.54, 1.807) is 0 Å². The minimum Gasteiger partial charge on any atom is -0.356 e. The fourth-order valence-electron chi connectivity index (χ4n) is 3.41. The molecule has 1 aliphatic carbocycles. The van der Waals surface area contributed by atoms with E-state index in [0.717, 1.165) is 43.4 Å². The van der Waals surface area contributed by atoms with E-state index in [1.165, 1.54) is 29.9 Å². The molecule has 0 unspecified atom stereocenters. The lowest BCUT2D eigenvalue weighted by atomic mass is 10.2. The van der Waals surface area contributed by atoms with E-state index < -0.39 is 0 Å². The lowest BCUT2D eigenvalue weighted by Crippen LogP contribution is -2.22. The standard InChI is InChI=1S/C17H20N4/c1-12-8-10-21(11-12)17-13-5-4-7-14(13)19-16(20-17)15-6-2-3-9-18-15/h2-3,6,9,12H,4-5,7-8,10-11H2,1H3/t12-/m1/s1. The van der Waals surface area contributed by atoms with Crippen LogP contribution in [0.25, 0.3) is 11.5 Å². The highest BCUT2D eigenvalue weighted by molar-refractivity contribution is 5.59. The molecule has 2 aromatic heterocycles. The van der Waals surface area contributed by atoms with Gasteiger partial charge in [0.15, 0.2) is 5.82 Å². The minimum atomic E-state index is 0.760. The highest BCUT2D eigenvalue weighted by Gasteiger charge is 2.27. The summed E-state index contributed by atoms with van der Waals surface area (Å²) in [7, 11) is 0. The van der Waals surface area contributed by atoms with Gasteiger partial charge in [0.2, 0.25) is 0 Å². The zero-order valence-electron chi connectivity index (χ0n) is 12.4. The van der Waals surface area contributed by atoms with Gasteiger partial charge in [-0.3, -0.25) is 4.98 Å².